The molecule has 1 aliphatic carbocycles. The van der Waals surface area contributed by atoms with Crippen LogP contribution >= 0.6 is 0 Å². The number of hydrogen-bond donors (Lipinski definition) is 0. The fourth-order valence-corrected chi connectivity index (χ4v) is 3.91. The Morgan fingerprint density at radius 3 is 2.45 bits per heavy atom. The topological polar surface area (TPSA) is 65.5 Å². The van der Waals surface area contributed by atoms with Crippen LogP contribution < -0.4 is 0 Å². The summed E-state index contributed by atoms with van der Waals surface area (Å²) in [5, 5.41) is 0. The molecule has 170 valence electrons. The number of carbonyl (C=O) groups excluding carboxylic acids is 2. The SMILES string of the molecule is CC(C)(C)OC(=O)C1CC1c1ccc(C(=O)OCc2ccccn2)c(Cc2ccccc2)c1. The molecule has 1 aliphatic rings. The van der Waals surface area contributed by atoms with Crippen molar-refractivity contribution in [2.75, 3.05) is 0 Å². The first-order valence-corrected chi connectivity index (χ1v) is 11.3. The molecule has 4 rings (SSSR count). The van der Waals surface area contributed by atoms with Crippen molar-refractivity contribution in [3.63, 3.8) is 0 Å². The lowest BCUT2D eigenvalue weighted by molar-refractivity contribution is -0.156. The van der Waals surface area contributed by atoms with Crippen LogP contribution in [0.2, 0.25) is 0 Å². The molecular weight excluding hydrogens is 414 g/mol. The summed E-state index contributed by atoms with van der Waals surface area (Å²) in [5.41, 5.74) is 3.79. The predicted molar refractivity (Wildman–Crippen MR) is 126 cm³/mol. The number of esters is 2. The normalized spacial score (nSPS) is 17.3. The van der Waals surface area contributed by atoms with Crippen LogP contribution in [-0.4, -0.2) is 22.5 Å². The van der Waals surface area contributed by atoms with E-state index in [-0.39, 0.29) is 30.4 Å². The van der Waals surface area contributed by atoms with E-state index >= 15 is 0 Å². The highest BCUT2D eigenvalue weighted by Gasteiger charge is 2.46. The lowest BCUT2D eigenvalue weighted by Gasteiger charge is -2.19. The first kappa shape index (κ1) is 22.7. The Morgan fingerprint density at radius 1 is 1.00 bits per heavy atom. The summed E-state index contributed by atoms with van der Waals surface area (Å²) in [7, 11) is 0. The zero-order valence-electron chi connectivity index (χ0n) is 19.3. The quantitative estimate of drug-likeness (QED) is 0.453. The molecule has 5 heteroatoms. The van der Waals surface area contributed by atoms with Gasteiger partial charge in [0.25, 0.3) is 0 Å². The van der Waals surface area contributed by atoms with E-state index in [1.54, 1.807) is 6.20 Å². The van der Waals surface area contributed by atoms with Gasteiger partial charge in [-0.05, 0) is 74.4 Å². The van der Waals surface area contributed by atoms with Crippen molar-refractivity contribution in [3.8, 4) is 0 Å². The van der Waals surface area contributed by atoms with Crippen LogP contribution in [0.4, 0.5) is 0 Å². The molecule has 33 heavy (non-hydrogen) atoms. The van der Waals surface area contributed by atoms with Gasteiger partial charge < -0.3 is 9.47 Å². The van der Waals surface area contributed by atoms with Crippen molar-refractivity contribution in [2.45, 2.75) is 51.7 Å². The standard InChI is InChI=1S/C28H29NO4/c1-28(2,3)33-27(31)25-17-24(25)20-12-13-23(21(16-20)15-19-9-5-4-6-10-19)26(30)32-18-22-11-7-8-14-29-22/h4-14,16,24-25H,15,17-18H2,1-3H3. The maximum Gasteiger partial charge on any atom is 0.338 e. The van der Waals surface area contributed by atoms with Crippen molar-refractivity contribution in [1.29, 1.82) is 0 Å². The summed E-state index contributed by atoms with van der Waals surface area (Å²) in [4.78, 5) is 29.6. The minimum Gasteiger partial charge on any atom is -0.460 e. The monoisotopic (exact) mass is 443 g/mol. The van der Waals surface area contributed by atoms with Crippen LogP contribution in [0.15, 0.2) is 72.9 Å². The number of benzene rings is 2. The van der Waals surface area contributed by atoms with Gasteiger partial charge in [-0.3, -0.25) is 9.78 Å². The Hall–Kier alpha value is -3.47. The van der Waals surface area contributed by atoms with E-state index in [0.29, 0.717) is 17.7 Å². The second-order valence-electron chi connectivity index (χ2n) is 9.46. The predicted octanol–water partition coefficient (Wildman–Crippen LogP) is 5.47. The van der Waals surface area contributed by atoms with E-state index in [0.717, 1.165) is 23.1 Å². The minimum absolute atomic E-state index is 0.118. The molecule has 0 N–H and O–H groups in total. The second-order valence-corrected chi connectivity index (χ2v) is 9.46. The average Bonchev–Trinajstić information content (AvgIpc) is 3.59. The van der Waals surface area contributed by atoms with Crippen molar-refractivity contribution < 1.29 is 19.1 Å². The molecule has 0 spiro atoms. The fourth-order valence-electron chi connectivity index (χ4n) is 3.91. The average molecular weight is 444 g/mol. The van der Waals surface area contributed by atoms with Crippen LogP contribution in [0.25, 0.3) is 0 Å². The lowest BCUT2D eigenvalue weighted by atomic mass is 9.95. The van der Waals surface area contributed by atoms with E-state index in [2.05, 4.69) is 4.98 Å². The molecule has 1 fully saturated rings. The van der Waals surface area contributed by atoms with Gasteiger partial charge in [-0.15, -0.1) is 0 Å². The van der Waals surface area contributed by atoms with E-state index in [9.17, 15) is 9.59 Å². The van der Waals surface area contributed by atoms with Gasteiger partial charge in [0.05, 0.1) is 17.2 Å². The molecule has 1 heterocycles. The molecule has 5 nitrogen and oxygen atoms in total. The number of pyridine rings is 1. The Morgan fingerprint density at radius 2 is 1.76 bits per heavy atom. The summed E-state index contributed by atoms with van der Waals surface area (Å²) in [6.45, 7) is 5.76. The van der Waals surface area contributed by atoms with Gasteiger partial charge in [0, 0.05) is 6.20 Å². The summed E-state index contributed by atoms with van der Waals surface area (Å²) in [6.07, 6.45) is 3.05. The van der Waals surface area contributed by atoms with Crippen LogP contribution in [0, 0.1) is 5.92 Å². The van der Waals surface area contributed by atoms with Crippen molar-refractivity contribution >= 4 is 11.9 Å². The van der Waals surface area contributed by atoms with Crippen LogP contribution in [0.1, 0.15) is 65.9 Å². The van der Waals surface area contributed by atoms with E-state index < -0.39 is 5.60 Å². The summed E-state index contributed by atoms with van der Waals surface area (Å²) in [6, 6.07) is 21.3. The second kappa shape index (κ2) is 9.57. The van der Waals surface area contributed by atoms with Crippen molar-refractivity contribution in [1.82, 2.24) is 4.98 Å². The van der Waals surface area contributed by atoms with Gasteiger partial charge in [0.15, 0.2) is 0 Å². The number of aromatic nitrogens is 1. The van der Waals surface area contributed by atoms with Gasteiger partial charge >= 0.3 is 11.9 Å². The number of ether oxygens (including phenoxy) is 2. The van der Waals surface area contributed by atoms with E-state index in [1.807, 2.05) is 87.5 Å². The first-order chi connectivity index (χ1) is 15.8. The Kier molecular flexibility index (Phi) is 6.59. The number of carbonyl (C=O) groups is 2. The Bertz CT molecular complexity index is 1120. The molecule has 0 amide bonds. The smallest absolute Gasteiger partial charge is 0.338 e. The summed E-state index contributed by atoms with van der Waals surface area (Å²) >= 11 is 0. The third-order valence-electron chi connectivity index (χ3n) is 5.59. The van der Waals surface area contributed by atoms with Gasteiger partial charge in [-0.25, -0.2) is 4.79 Å². The molecule has 3 aromatic rings. The zero-order chi connectivity index (χ0) is 23.4. The first-order valence-electron chi connectivity index (χ1n) is 11.3. The molecule has 0 aliphatic heterocycles. The molecule has 0 saturated heterocycles. The highest BCUT2D eigenvalue weighted by atomic mass is 16.6. The molecule has 1 aromatic heterocycles. The van der Waals surface area contributed by atoms with Gasteiger partial charge in [-0.2, -0.15) is 0 Å². The highest BCUT2D eigenvalue weighted by molar-refractivity contribution is 5.91. The molecule has 0 bridgehead atoms. The number of rotatable bonds is 7. The molecule has 0 radical (unpaired) electrons. The number of hydrogen-bond acceptors (Lipinski definition) is 5. The molecule has 2 atom stereocenters. The van der Waals surface area contributed by atoms with Crippen LogP contribution in [0.3, 0.4) is 0 Å². The van der Waals surface area contributed by atoms with E-state index in [1.165, 1.54) is 0 Å². The largest absolute Gasteiger partial charge is 0.460 e. The third kappa shape index (κ3) is 6.07. The summed E-state index contributed by atoms with van der Waals surface area (Å²) < 4.78 is 11.1. The molecule has 2 aromatic carbocycles. The van der Waals surface area contributed by atoms with Crippen LogP contribution in [0.5, 0.6) is 0 Å². The lowest BCUT2D eigenvalue weighted by Crippen LogP contribution is -2.25. The van der Waals surface area contributed by atoms with Gasteiger partial charge in [0.2, 0.25) is 0 Å². The van der Waals surface area contributed by atoms with Gasteiger partial charge in [0.1, 0.15) is 12.2 Å². The fraction of sp³-hybridized carbons (Fsp3) is 0.321. The zero-order valence-corrected chi connectivity index (χ0v) is 19.3. The van der Waals surface area contributed by atoms with Gasteiger partial charge in [-0.1, -0.05) is 48.5 Å². The Balaban J connectivity index is 1.54. The highest BCUT2D eigenvalue weighted by Crippen LogP contribution is 2.49. The Labute approximate surface area is 194 Å². The number of nitrogens with zero attached hydrogens (tertiary/aromatic N) is 1. The molecular formula is C28H29NO4. The third-order valence-corrected chi connectivity index (χ3v) is 5.59. The maximum atomic E-state index is 12.9. The minimum atomic E-state index is -0.496. The van der Waals surface area contributed by atoms with Crippen molar-refractivity contribution in [3.05, 3.63) is 101 Å². The maximum absolute atomic E-state index is 12.9. The molecule has 2 unspecified atom stereocenters. The van der Waals surface area contributed by atoms with Crippen LogP contribution in [-0.2, 0) is 27.3 Å². The summed E-state index contributed by atoms with van der Waals surface area (Å²) in [5.74, 6) is -0.544. The van der Waals surface area contributed by atoms with Crippen molar-refractivity contribution in [2.24, 2.45) is 5.92 Å². The van der Waals surface area contributed by atoms with E-state index in [4.69, 9.17) is 9.47 Å². The molecule has 1 saturated carbocycles.